The van der Waals surface area contributed by atoms with E-state index in [0.29, 0.717) is 18.5 Å². The van der Waals surface area contributed by atoms with Crippen LogP contribution in [0.25, 0.3) is 0 Å². The van der Waals surface area contributed by atoms with E-state index in [1.54, 1.807) is 12.1 Å². The van der Waals surface area contributed by atoms with Crippen molar-refractivity contribution in [2.45, 2.75) is 24.3 Å². The van der Waals surface area contributed by atoms with E-state index in [9.17, 15) is 18.0 Å². The molecule has 0 radical (unpaired) electrons. The Morgan fingerprint density at radius 2 is 2.00 bits per heavy atom. The smallest absolute Gasteiger partial charge is 0.312 e. The maximum absolute atomic E-state index is 12.0. The molecule has 0 aliphatic heterocycles. The summed E-state index contributed by atoms with van der Waals surface area (Å²) < 4.78 is 30.2. The molecule has 0 spiro atoms. The highest BCUT2D eigenvalue weighted by Gasteiger charge is 2.17. The van der Waals surface area contributed by atoms with Gasteiger partial charge >= 0.3 is 12.0 Å². The molecule has 0 aromatic heterocycles. The van der Waals surface area contributed by atoms with Gasteiger partial charge in [0.05, 0.1) is 4.90 Å². The summed E-state index contributed by atoms with van der Waals surface area (Å²) in [5.74, 6) is -0.433. The van der Waals surface area contributed by atoms with Gasteiger partial charge in [0, 0.05) is 27.1 Å². The molecule has 23 heavy (non-hydrogen) atoms. The number of amides is 2. The summed E-state index contributed by atoms with van der Waals surface area (Å²) in [6.07, 6.45) is 0.548. The maximum Gasteiger partial charge on any atom is 0.312 e. The molecular formula is C14H21N3O5S. The van der Waals surface area contributed by atoms with E-state index >= 15 is 0 Å². The SMILES string of the molecule is CN(C)S(=O)(=O)c1cccc(COC(=O)CCCNC(N)=O)c1. The van der Waals surface area contributed by atoms with Crippen molar-refractivity contribution in [3.63, 3.8) is 0 Å². The summed E-state index contributed by atoms with van der Waals surface area (Å²) in [4.78, 5) is 22.2. The van der Waals surface area contributed by atoms with Crippen molar-refractivity contribution in [1.82, 2.24) is 9.62 Å². The lowest BCUT2D eigenvalue weighted by molar-refractivity contribution is -0.145. The molecule has 2 amide bonds. The number of urea groups is 1. The summed E-state index contributed by atoms with van der Waals surface area (Å²) in [5.41, 5.74) is 5.48. The zero-order chi connectivity index (χ0) is 17.5. The van der Waals surface area contributed by atoms with E-state index in [1.807, 2.05) is 0 Å². The third kappa shape index (κ3) is 6.25. The lowest BCUT2D eigenvalue weighted by Gasteiger charge is -2.12. The Bertz CT molecular complexity index is 658. The van der Waals surface area contributed by atoms with Crippen LogP contribution in [-0.2, 0) is 26.2 Å². The average Bonchev–Trinajstić information content (AvgIpc) is 2.49. The van der Waals surface area contributed by atoms with Crippen molar-refractivity contribution in [2.75, 3.05) is 20.6 Å². The van der Waals surface area contributed by atoms with E-state index in [0.717, 1.165) is 4.31 Å². The quantitative estimate of drug-likeness (QED) is 0.524. The van der Waals surface area contributed by atoms with Crippen LogP contribution in [0.5, 0.6) is 0 Å². The Morgan fingerprint density at radius 3 is 2.61 bits per heavy atom. The summed E-state index contributed by atoms with van der Waals surface area (Å²) >= 11 is 0. The van der Waals surface area contributed by atoms with Gasteiger partial charge in [-0.25, -0.2) is 17.5 Å². The number of nitrogens with one attached hydrogen (secondary N) is 1. The molecule has 0 saturated heterocycles. The fourth-order valence-electron chi connectivity index (χ4n) is 1.69. The maximum atomic E-state index is 12.0. The molecule has 0 atom stereocenters. The number of hydrogen-bond acceptors (Lipinski definition) is 5. The van der Waals surface area contributed by atoms with Crippen LogP contribution in [-0.4, -0.2) is 45.4 Å². The number of rotatable bonds is 8. The molecule has 0 saturated carbocycles. The average molecular weight is 343 g/mol. The highest BCUT2D eigenvalue weighted by Crippen LogP contribution is 2.15. The number of sulfonamides is 1. The standard InChI is InChI=1S/C14H21N3O5S/c1-17(2)23(20,21)12-6-3-5-11(9-12)10-22-13(18)7-4-8-16-14(15)19/h3,5-6,9H,4,7-8,10H2,1-2H3,(H3,15,16,19). The van der Waals surface area contributed by atoms with Crippen molar-refractivity contribution in [3.8, 4) is 0 Å². The molecule has 9 heteroatoms. The van der Waals surface area contributed by atoms with Gasteiger partial charge in [0.25, 0.3) is 0 Å². The second-order valence-electron chi connectivity index (χ2n) is 4.99. The molecule has 1 aromatic carbocycles. The first-order valence-corrected chi connectivity index (χ1v) is 8.38. The van der Waals surface area contributed by atoms with Crippen LogP contribution in [0.2, 0.25) is 0 Å². The molecule has 0 aliphatic carbocycles. The lowest BCUT2D eigenvalue weighted by atomic mass is 10.2. The first-order chi connectivity index (χ1) is 10.7. The summed E-state index contributed by atoms with van der Waals surface area (Å²) in [6, 6.07) is 5.58. The Labute approximate surface area is 135 Å². The third-order valence-corrected chi connectivity index (χ3v) is 4.74. The predicted molar refractivity (Wildman–Crippen MR) is 83.9 cm³/mol. The lowest BCUT2D eigenvalue weighted by Crippen LogP contribution is -2.30. The molecule has 8 nitrogen and oxygen atoms in total. The normalized spacial score (nSPS) is 11.3. The second kappa shape index (κ2) is 8.49. The fourth-order valence-corrected chi connectivity index (χ4v) is 2.66. The molecule has 0 aliphatic rings. The van der Waals surface area contributed by atoms with Crippen molar-refractivity contribution in [3.05, 3.63) is 29.8 Å². The minimum absolute atomic E-state index is 0.0150. The van der Waals surface area contributed by atoms with Crippen LogP contribution in [0.1, 0.15) is 18.4 Å². The van der Waals surface area contributed by atoms with Gasteiger partial charge in [-0.3, -0.25) is 4.79 Å². The van der Waals surface area contributed by atoms with Crippen molar-refractivity contribution in [2.24, 2.45) is 5.73 Å². The fraction of sp³-hybridized carbons (Fsp3) is 0.429. The molecule has 0 heterocycles. The zero-order valence-electron chi connectivity index (χ0n) is 13.1. The van der Waals surface area contributed by atoms with Crippen LogP contribution in [0, 0.1) is 0 Å². The van der Waals surface area contributed by atoms with Gasteiger partial charge in [-0.2, -0.15) is 0 Å². The minimum Gasteiger partial charge on any atom is -0.461 e. The van der Waals surface area contributed by atoms with Crippen LogP contribution in [0.3, 0.4) is 0 Å². The number of ether oxygens (including phenoxy) is 1. The van der Waals surface area contributed by atoms with Crippen molar-refractivity contribution < 1.29 is 22.7 Å². The molecule has 3 N–H and O–H groups in total. The van der Waals surface area contributed by atoms with Crippen LogP contribution in [0.4, 0.5) is 4.79 Å². The number of nitrogens with zero attached hydrogens (tertiary/aromatic N) is 1. The number of carbonyl (C=O) groups is 2. The van der Waals surface area contributed by atoms with Gasteiger partial charge < -0.3 is 15.8 Å². The number of benzene rings is 1. The van der Waals surface area contributed by atoms with Gasteiger partial charge in [-0.15, -0.1) is 0 Å². The molecule has 0 bridgehead atoms. The number of hydrogen-bond donors (Lipinski definition) is 2. The van der Waals surface area contributed by atoms with Crippen LogP contribution < -0.4 is 11.1 Å². The largest absolute Gasteiger partial charge is 0.461 e. The zero-order valence-corrected chi connectivity index (χ0v) is 13.9. The third-order valence-electron chi connectivity index (χ3n) is 2.93. The topological polar surface area (TPSA) is 119 Å². The number of carbonyl (C=O) groups excluding carboxylic acids is 2. The number of nitrogens with two attached hydrogens (primary N) is 1. The van der Waals surface area contributed by atoms with E-state index in [2.05, 4.69) is 5.32 Å². The Morgan fingerprint density at radius 1 is 1.30 bits per heavy atom. The van der Waals surface area contributed by atoms with Crippen molar-refractivity contribution >= 4 is 22.0 Å². The summed E-state index contributed by atoms with van der Waals surface area (Å²) in [7, 11) is -0.630. The first-order valence-electron chi connectivity index (χ1n) is 6.94. The Hall–Kier alpha value is -2.13. The number of primary amides is 1. The minimum atomic E-state index is -3.52. The van der Waals surface area contributed by atoms with Crippen LogP contribution in [0.15, 0.2) is 29.2 Å². The van der Waals surface area contributed by atoms with E-state index < -0.39 is 22.0 Å². The molecule has 1 rings (SSSR count). The predicted octanol–water partition coefficient (Wildman–Crippen LogP) is 0.429. The first kappa shape index (κ1) is 18.9. The Kier molecular flexibility index (Phi) is 6.98. The van der Waals surface area contributed by atoms with Crippen molar-refractivity contribution in [1.29, 1.82) is 0 Å². The van der Waals surface area contributed by atoms with E-state index in [4.69, 9.17) is 10.5 Å². The summed E-state index contributed by atoms with van der Waals surface area (Å²) in [6.45, 7) is 0.278. The van der Waals surface area contributed by atoms with Crippen LogP contribution >= 0.6 is 0 Å². The van der Waals surface area contributed by atoms with E-state index in [1.165, 1.54) is 26.2 Å². The highest BCUT2D eigenvalue weighted by atomic mass is 32.2. The number of esters is 1. The second-order valence-corrected chi connectivity index (χ2v) is 7.14. The Balaban J connectivity index is 2.53. The van der Waals surface area contributed by atoms with Gasteiger partial charge in [0.15, 0.2) is 0 Å². The molecule has 0 unspecified atom stereocenters. The molecular weight excluding hydrogens is 322 g/mol. The van der Waals surface area contributed by atoms with Gasteiger partial charge in [0.2, 0.25) is 10.0 Å². The molecule has 1 aromatic rings. The summed E-state index contributed by atoms with van der Waals surface area (Å²) in [5, 5.41) is 2.37. The van der Waals surface area contributed by atoms with Gasteiger partial charge in [-0.05, 0) is 24.1 Å². The van der Waals surface area contributed by atoms with Gasteiger partial charge in [-0.1, -0.05) is 12.1 Å². The highest BCUT2D eigenvalue weighted by molar-refractivity contribution is 7.89. The van der Waals surface area contributed by atoms with E-state index in [-0.39, 0.29) is 17.9 Å². The van der Waals surface area contributed by atoms with Gasteiger partial charge in [0.1, 0.15) is 6.61 Å². The molecule has 128 valence electrons. The monoisotopic (exact) mass is 343 g/mol. The molecule has 0 fully saturated rings.